The Labute approximate surface area is 199 Å². The smallest absolute Gasteiger partial charge is 0.325 e. The minimum Gasteiger partial charge on any atom is -0.354 e. The molecule has 0 atom stereocenters. The first-order valence-electron chi connectivity index (χ1n) is 10.1. The van der Waals surface area contributed by atoms with E-state index in [4.69, 9.17) is 23.2 Å². The predicted octanol–water partition coefficient (Wildman–Crippen LogP) is 3.13. The van der Waals surface area contributed by atoms with E-state index < -0.39 is 10.0 Å². The monoisotopic (exact) mass is 504 g/mol. The number of H-pyrrole nitrogens is 2. The lowest BCUT2D eigenvalue weighted by Crippen LogP contribution is -2.48. The molecule has 5 rings (SSSR count). The molecule has 0 aliphatic carbocycles. The molecule has 1 aliphatic rings. The Morgan fingerprint density at radius 2 is 1.67 bits per heavy atom. The van der Waals surface area contributed by atoms with Gasteiger partial charge in [-0.3, -0.25) is 4.98 Å². The number of hydrogen-bond donors (Lipinski definition) is 2. The standard InChI is InChI=1S/C21H18Cl2N6O3S/c22-14-2-4-15(5-3-14)33(31,32)29-9-7-28(8-10-29)18-6-1-13(12-24-18)19-16(23)11-17-20(26-19)27-21(30)25-17/h1-6,11-12H,7-10H2,(H2,25,26,27,30). The number of anilines is 1. The lowest BCUT2D eigenvalue weighted by atomic mass is 10.2. The molecule has 12 heteroatoms. The van der Waals surface area contributed by atoms with Gasteiger partial charge < -0.3 is 9.88 Å². The first kappa shape index (κ1) is 21.9. The molecular weight excluding hydrogens is 487 g/mol. The van der Waals surface area contributed by atoms with E-state index >= 15 is 0 Å². The van der Waals surface area contributed by atoms with Crippen LogP contribution in [0.4, 0.5) is 5.82 Å². The van der Waals surface area contributed by atoms with Gasteiger partial charge in [-0.15, -0.1) is 0 Å². The summed E-state index contributed by atoms with van der Waals surface area (Å²) in [5.74, 6) is 0.731. The molecule has 4 heterocycles. The van der Waals surface area contributed by atoms with Crippen LogP contribution in [-0.2, 0) is 10.0 Å². The van der Waals surface area contributed by atoms with Gasteiger partial charge in [-0.2, -0.15) is 4.31 Å². The number of halogens is 2. The number of nitrogens with zero attached hydrogens (tertiary/aromatic N) is 4. The van der Waals surface area contributed by atoms with Crippen LogP contribution >= 0.6 is 23.2 Å². The second-order valence-electron chi connectivity index (χ2n) is 7.54. The van der Waals surface area contributed by atoms with Gasteiger partial charge in [0.25, 0.3) is 0 Å². The van der Waals surface area contributed by atoms with Crippen molar-refractivity contribution in [3.05, 3.63) is 69.2 Å². The molecule has 33 heavy (non-hydrogen) atoms. The largest absolute Gasteiger partial charge is 0.354 e. The van der Waals surface area contributed by atoms with E-state index in [1.807, 2.05) is 17.0 Å². The van der Waals surface area contributed by atoms with Gasteiger partial charge in [-0.05, 0) is 42.5 Å². The van der Waals surface area contributed by atoms with Gasteiger partial charge >= 0.3 is 5.69 Å². The van der Waals surface area contributed by atoms with Crippen LogP contribution < -0.4 is 10.6 Å². The highest BCUT2D eigenvalue weighted by atomic mass is 35.5. The molecule has 0 bridgehead atoms. The highest BCUT2D eigenvalue weighted by Gasteiger charge is 2.29. The van der Waals surface area contributed by atoms with Gasteiger partial charge in [0.2, 0.25) is 10.0 Å². The molecule has 1 saturated heterocycles. The van der Waals surface area contributed by atoms with Crippen molar-refractivity contribution in [3.63, 3.8) is 0 Å². The second-order valence-corrected chi connectivity index (χ2v) is 10.3. The van der Waals surface area contributed by atoms with Crippen LogP contribution in [-0.4, -0.2) is 58.8 Å². The number of benzene rings is 1. The Kier molecular flexibility index (Phi) is 5.61. The Hall–Kier alpha value is -2.92. The normalized spacial score (nSPS) is 15.3. The number of rotatable bonds is 4. The first-order valence-corrected chi connectivity index (χ1v) is 12.3. The van der Waals surface area contributed by atoms with Crippen molar-refractivity contribution in [2.75, 3.05) is 31.1 Å². The summed E-state index contributed by atoms with van der Waals surface area (Å²) < 4.78 is 27.2. The average Bonchev–Trinajstić information content (AvgIpc) is 3.18. The molecular formula is C21H18Cl2N6O3S. The molecule has 0 spiro atoms. The van der Waals surface area contributed by atoms with Crippen molar-refractivity contribution in [2.24, 2.45) is 0 Å². The van der Waals surface area contributed by atoms with E-state index in [0.717, 1.165) is 5.82 Å². The molecule has 1 fully saturated rings. The summed E-state index contributed by atoms with van der Waals surface area (Å²) in [7, 11) is -3.57. The minimum absolute atomic E-state index is 0.230. The highest BCUT2D eigenvalue weighted by Crippen LogP contribution is 2.29. The number of piperazine rings is 1. The van der Waals surface area contributed by atoms with Crippen molar-refractivity contribution in [2.45, 2.75) is 4.90 Å². The number of pyridine rings is 2. The topological polar surface area (TPSA) is 115 Å². The molecule has 170 valence electrons. The number of aromatic amines is 2. The summed E-state index contributed by atoms with van der Waals surface area (Å²) in [6.45, 7) is 1.71. The van der Waals surface area contributed by atoms with Crippen LogP contribution in [0.2, 0.25) is 10.0 Å². The molecule has 3 aromatic heterocycles. The van der Waals surface area contributed by atoms with Gasteiger partial charge in [0.1, 0.15) is 5.82 Å². The van der Waals surface area contributed by atoms with Crippen LogP contribution in [0.1, 0.15) is 0 Å². The molecule has 0 radical (unpaired) electrons. The van der Waals surface area contributed by atoms with Crippen molar-refractivity contribution in [1.29, 1.82) is 0 Å². The van der Waals surface area contributed by atoms with E-state index in [0.29, 0.717) is 58.6 Å². The van der Waals surface area contributed by atoms with E-state index in [1.165, 1.54) is 16.4 Å². The Balaban J connectivity index is 1.31. The van der Waals surface area contributed by atoms with Gasteiger partial charge in [0, 0.05) is 43.0 Å². The molecule has 0 saturated carbocycles. The predicted molar refractivity (Wildman–Crippen MR) is 127 cm³/mol. The first-order chi connectivity index (χ1) is 15.8. The maximum Gasteiger partial charge on any atom is 0.325 e. The lowest BCUT2D eigenvalue weighted by molar-refractivity contribution is 0.384. The summed E-state index contributed by atoms with van der Waals surface area (Å²) in [4.78, 5) is 27.9. The molecule has 2 N–H and O–H groups in total. The van der Waals surface area contributed by atoms with E-state index in [1.54, 1.807) is 24.4 Å². The quantitative estimate of drug-likeness (QED) is 0.441. The van der Waals surface area contributed by atoms with Crippen molar-refractivity contribution >= 4 is 50.2 Å². The highest BCUT2D eigenvalue weighted by molar-refractivity contribution is 7.89. The van der Waals surface area contributed by atoms with Gasteiger partial charge in [0.15, 0.2) is 5.65 Å². The number of hydrogen-bond acceptors (Lipinski definition) is 6. The number of fused-ring (bicyclic) bond motifs is 1. The van der Waals surface area contributed by atoms with Gasteiger partial charge in [-0.25, -0.2) is 23.2 Å². The van der Waals surface area contributed by atoms with E-state index in [9.17, 15) is 13.2 Å². The third-order valence-electron chi connectivity index (χ3n) is 5.49. The summed E-state index contributed by atoms with van der Waals surface area (Å²) in [5.41, 5.74) is 1.82. The third kappa shape index (κ3) is 4.22. The molecule has 9 nitrogen and oxygen atoms in total. The Morgan fingerprint density at radius 1 is 0.939 bits per heavy atom. The number of sulfonamides is 1. The van der Waals surface area contributed by atoms with Crippen LogP contribution in [0.5, 0.6) is 0 Å². The zero-order chi connectivity index (χ0) is 23.2. The SMILES string of the molecule is O=c1[nH]c2cc(Cl)c(-c3ccc(N4CCN(S(=O)(=O)c5ccc(Cl)cc5)CC4)nc3)nc2[nH]1. The summed E-state index contributed by atoms with van der Waals surface area (Å²) in [6, 6.07) is 11.5. The fourth-order valence-corrected chi connectivity index (χ4v) is 5.58. The van der Waals surface area contributed by atoms with E-state index in [-0.39, 0.29) is 10.6 Å². The number of nitrogens with one attached hydrogen (secondary N) is 2. The zero-order valence-electron chi connectivity index (χ0n) is 17.1. The lowest BCUT2D eigenvalue weighted by Gasteiger charge is -2.34. The molecule has 1 aromatic carbocycles. The molecule has 1 aliphatic heterocycles. The molecule has 4 aromatic rings. The maximum atomic E-state index is 12.9. The van der Waals surface area contributed by atoms with Crippen LogP contribution in [0.15, 0.2) is 58.4 Å². The second kappa shape index (κ2) is 8.45. The number of imidazole rings is 1. The van der Waals surface area contributed by atoms with Gasteiger partial charge in [0.05, 0.1) is 21.1 Å². The Morgan fingerprint density at radius 3 is 2.33 bits per heavy atom. The van der Waals surface area contributed by atoms with Crippen LogP contribution in [0, 0.1) is 0 Å². The fourth-order valence-electron chi connectivity index (χ4n) is 3.77. The number of aromatic nitrogens is 4. The van der Waals surface area contributed by atoms with Crippen LogP contribution in [0.25, 0.3) is 22.4 Å². The van der Waals surface area contributed by atoms with Crippen LogP contribution in [0.3, 0.4) is 0 Å². The zero-order valence-corrected chi connectivity index (χ0v) is 19.5. The van der Waals surface area contributed by atoms with E-state index in [2.05, 4.69) is 19.9 Å². The van der Waals surface area contributed by atoms with Crippen molar-refractivity contribution < 1.29 is 8.42 Å². The Bertz CT molecular complexity index is 1480. The molecule has 0 unspecified atom stereocenters. The minimum atomic E-state index is -3.57. The van der Waals surface area contributed by atoms with Gasteiger partial charge in [-0.1, -0.05) is 23.2 Å². The fraction of sp³-hybridized carbons (Fsp3) is 0.190. The average molecular weight is 505 g/mol. The summed E-state index contributed by atoms with van der Waals surface area (Å²) in [5, 5.41) is 0.888. The maximum absolute atomic E-state index is 12.9. The van der Waals surface area contributed by atoms with Crippen molar-refractivity contribution in [3.8, 4) is 11.3 Å². The molecule has 0 amide bonds. The third-order valence-corrected chi connectivity index (χ3v) is 7.94. The summed E-state index contributed by atoms with van der Waals surface area (Å²) in [6.07, 6.45) is 1.66. The van der Waals surface area contributed by atoms with Crippen molar-refractivity contribution in [1.82, 2.24) is 24.2 Å². The summed E-state index contributed by atoms with van der Waals surface area (Å²) >= 11 is 12.2.